The highest BCUT2D eigenvalue weighted by molar-refractivity contribution is 9.10. The summed E-state index contributed by atoms with van der Waals surface area (Å²) in [7, 11) is 0. The van der Waals surface area contributed by atoms with Gasteiger partial charge in [0.2, 0.25) is 0 Å². The summed E-state index contributed by atoms with van der Waals surface area (Å²) in [6.45, 7) is 2.12. The van der Waals surface area contributed by atoms with Crippen LogP contribution in [0.2, 0.25) is 5.02 Å². The second-order valence-corrected chi connectivity index (χ2v) is 7.15. The number of hydrogen-bond acceptors (Lipinski definition) is 2. The minimum absolute atomic E-state index is 0.197. The highest BCUT2D eigenvalue weighted by atomic mass is 79.9. The van der Waals surface area contributed by atoms with Crippen LogP contribution in [0.3, 0.4) is 0 Å². The van der Waals surface area contributed by atoms with Gasteiger partial charge in [-0.3, -0.25) is 0 Å². The lowest BCUT2D eigenvalue weighted by atomic mass is 10.1. The molecule has 1 atom stereocenters. The fourth-order valence-corrected chi connectivity index (χ4v) is 3.55. The number of nitrogens with two attached hydrogens (primary N) is 1. The number of benzene rings is 2. The first kappa shape index (κ1) is 15.9. The fourth-order valence-electron chi connectivity index (χ4n) is 1.89. The van der Waals surface area contributed by atoms with E-state index in [1.54, 1.807) is 11.8 Å². The van der Waals surface area contributed by atoms with Gasteiger partial charge in [-0.05, 0) is 54.8 Å². The van der Waals surface area contributed by atoms with Gasteiger partial charge in [0.1, 0.15) is 0 Å². The molecule has 0 aliphatic carbocycles. The first-order valence-electron chi connectivity index (χ1n) is 6.56. The third-order valence-electron chi connectivity index (χ3n) is 3.05. The van der Waals surface area contributed by atoms with E-state index in [2.05, 4.69) is 47.1 Å². The molecule has 0 saturated carbocycles. The topological polar surface area (TPSA) is 26.0 Å². The molecule has 0 spiro atoms. The van der Waals surface area contributed by atoms with E-state index in [-0.39, 0.29) is 6.04 Å². The van der Waals surface area contributed by atoms with Gasteiger partial charge < -0.3 is 5.73 Å². The molecule has 106 valence electrons. The average molecular weight is 371 g/mol. The highest BCUT2D eigenvalue weighted by Crippen LogP contribution is 2.33. The van der Waals surface area contributed by atoms with Gasteiger partial charge >= 0.3 is 0 Å². The second kappa shape index (κ2) is 7.51. The monoisotopic (exact) mass is 369 g/mol. The van der Waals surface area contributed by atoms with Gasteiger partial charge in [-0.15, -0.1) is 0 Å². The summed E-state index contributed by atoms with van der Waals surface area (Å²) in [4.78, 5) is 2.38. The van der Waals surface area contributed by atoms with Crippen LogP contribution in [-0.4, -0.2) is 6.04 Å². The molecule has 0 fully saturated rings. The van der Waals surface area contributed by atoms with Crippen molar-refractivity contribution in [1.29, 1.82) is 0 Å². The molecule has 20 heavy (non-hydrogen) atoms. The molecule has 1 unspecified atom stereocenters. The van der Waals surface area contributed by atoms with Crippen molar-refractivity contribution in [2.45, 2.75) is 35.6 Å². The summed E-state index contributed by atoms with van der Waals surface area (Å²) in [5.41, 5.74) is 7.37. The molecule has 0 aliphatic heterocycles. The molecule has 2 rings (SSSR count). The van der Waals surface area contributed by atoms with E-state index in [0.29, 0.717) is 0 Å². The lowest BCUT2D eigenvalue weighted by Gasteiger charge is -2.14. The van der Waals surface area contributed by atoms with Crippen molar-refractivity contribution in [2.24, 2.45) is 5.73 Å². The van der Waals surface area contributed by atoms with E-state index in [0.717, 1.165) is 27.2 Å². The zero-order valence-corrected chi connectivity index (χ0v) is 14.4. The van der Waals surface area contributed by atoms with Crippen LogP contribution < -0.4 is 5.73 Å². The molecule has 0 aliphatic rings. The SMILES string of the molecule is CCC(N)Cc1cc(Br)ccc1Sc1cccc(Cl)c1. The quantitative estimate of drug-likeness (QED) is 0.748. The molecule has 1 nitrogen and oxygen atoms in total. The van der Waals surface area contributed by atoms with Crippen molar-refractivity contribution >= 4 is 39.3 Å². The van der Waals surface area contributed by atoms with Crippen LogP contribution in [0.4, 0.5) is 0 Å². The normalized spacial score (nSPS) is 12.4. The molecule has 4 heteroatoms. The smallest absolute Gasteiger partial charge is 0.0417 e. The molecular formula is C16H17BrClNS. The van der Waals surface area contributed by atoms with Crippen LogP contribution >= 0.6 is 39.3 Å². The van der Waals surface area contributed by atoms with Crippen molar-refractivity contribution in [3.05, 3.63) is 57.5 Å². The van der Waals surface area contributed by atoms with Gasteiger partial charge in [0.05, 0.1) is 0 Å². The van der Waals surface area contributed by atoms with E-state index in [9.17, 15) is 0 Å². The van der Waals surface area contributed by atoms with Crippen molar-refractivity contribution in [1.82, 2.24) is 0 Å². The Morgan fingerprint density at radius 1 is 1.25 bits per heavy atom. The van der Waals surface area contributed by atoms with Crippen molar-refractivity contribution < 1.29 is 0 Å². The Labute approximate surface area is 138 Å². The van der Waals surface area contributed by atoms with Gasteiger partial charge in [-0.2, -0.15) is 0 Å². The van der Waals surface area contributed by atoms with Crippen molar-refractivity contribution in [3.8, 4) is 0 Å². The minimum Gasteiger partial charge on any atom is -0.327 e. The second-order valence-electron chi connectivity index (χ2n) is 4.68. The van der Waals surface area contributed by atoms with Gasteiger partial charge in [-0.1, -0.05) is 52.3 Å². The first-order valence-corrected chi connectivity index (χ1v) is 8.54. The molecule has 0 aromatic heterocycles. The Bertz CT molecular complexity index is 588. The molecule has 0 amide bonds. The van der Waals surface area contributed by atoms with Gasteiger partial charge in [-0.25, -0.2) is 0 Å². The maximum Gasteiger partial charge on any atom is 0.0417 e. The number of halogens is 2. The Hall–Kier alpha value is -0.480. The van der Waals surface area contributed by atoms with E-state index in [1.165, 1.54) is 10.5 Å². The Balaban J connectivity index is 2.26. The van der Waals surface area contributed by atoms with Gasteiger partial charge in [0.15, 0.2) is 0 Å². The predicted molar refractivity (Wildman–Crippen MR) is 91.7 cm³/mol. The van der Waals surface area contributed by atoms with E-state index >= 15 is 0 Å². The van der Waals surface area contributed by atoms with Crippen LogP contribution in [0, 0.1) is 0 Å². The molecular weight excluding hydrogens is 354 g/mol. The zero-order chi connectivity index (χ0) is 14.5. The van der Waals surface area contributed by atoms with Crippen LogP contribution in [0.25, 0.3) is 0 Å². The number of rotatable bonds is 5. The standard InChI is InChI=1S/C16H17BrClNS/c1-2-14(19)9-11-8-12(17)6-7-16(11)20-15-5-3-4-13(18)10-15/h3-8,10,14H,2,9,19H2,1H3. The molecule has 2 N–H and O–H groups in total. The fraction of sp³-hybridized carbons (Fsp3) is 0.250. The predicted octanol–water partition coefficient (Wildman–Crippen LogP) is 5.53. The van der Waals surface area contributed by atoms with Crippen LogP contribution in [0.1, 0.15) is 18.9 Å². The van der Waals surface area contributed by atoms with Crippen LogP contribution in [-0.2, 0) is 6.42 Å². The number of hydrogen-bond donors (Lipinski definition) is 1. The maximum absolute atomic E-state index is 6.10. The Morgan fingerprint density at radius 2 is 2.05 bits per heavy atom. The summed E-state index contributed by atoms with van der Waals surface area (Å²) >= 11 is 11.3. The van der Waals surface area contributed by atoms with E-state index in [4.69, 9.17) is 17.3 Å². The maximum atomic E-state index is 6.10. The first-order chi connectivity index (χ1) is 9.58. The Morgan fingerprint density at radius 3 is 2.75 bits per heavy atom. The zero-order valence-electron chi connectivity index (χ0n) is 11.3. The molecule has 0 saturated heterocycles. The third kappa shape index (κ3) is 4.52. The van der Waals surface area contributed by atoms with Crippen LogP contribution in [0.5, 0.6) is 0 Å². The third-order valence-corrected chi connectivity index (χ3v) is 4.89. The molecule has 0 heterocycles. The van der Waals surface area contributed by atoms with Gasteiger partial charge in [0, 0.05) is 25.3 Å². The van der Waals surface area contributed by atoms with Crippen molar-refractivity contribution in [3.63, 3.8) is 0 Å². The summed E-state index contributed by atoms with van der Waals surface area (Å²) in [5, 5.41) is 0.763. The van der Waals surface area contributed by atoms with Crippen LogP contribution in [0.15, 0.2) is 56.7 Å². The highest BCUT2D eigenvalue weighted by Gasteiger charge is 2.09. The summed E-state index contributed by atoms with van der Waals surface area (Å²) in [6, 6.07) is 14.5. The van der Waals surface area contributed by atoms with E-state index < -0.39 is 0 Å². The molecule has 0 radical (unpaired) electrons. The lowest BCUT2D eigenvalue weighted by molar-refractivity contribution is 0.641. The Kier molecular flexibility index (Phi) is 5.97. The molecule has 2 aromatic rings. The van der Waals surface area contributed by atoms with Gasteiger partial charge in [0.25, 0.3) is 0 Å². The summed E-state index contributed by atoms with van der Waals surface area (Å²) < 4.78 is 1.09. The summed E-state index contributed by atoms with van der Waals surface area (Å²) in [5.74, 6) is 0. The molecule has 2 aromatic carbocycles. The lowest BCUT2D eigenvalue weighted by Crippen LogP contribution is -2.21. The summed E-state index contributed by atoms with van der Waals surface area (Å²) in [6.07, 6.45) is 1.87. The largest absolute Gasteiger partial charge is 0.327 e. The minimum atomic E-state index is 0.197. The average Bonchev–Trinajstić information content (AvgIpc) is 2.42. The van der Waals surface area contributed by atoms with Crippen molar-refractivity contribution in [2.75, 3.05) is 0 Å². The molecule has 0 bridgehead atoms. The van der Waals surface area contributed by atoms with E-state index in [1.807, 2.05) is 18.2 Å².